The SMILES string of the molecule is C=C/C(C)=C(/O)C([C@@H]1C[C@H](Cc2c(N(C)C)cc(N)c(C)c2C)C(C)=C(C)[C@@]1(C)O)N(C)C. The van der Waals surface area contributed by atoms with Crippen LogP contribution in [0.5, 0.6) is 0 Å². The van der Waals surface area contributed by atoms with Gasteiger partial charge in [-0.3, -0.25) is 4.90 Å². The monoisotopic (exact) mass is 455 g/mol. The third kappa shape index (κ3) is 4.99. The summed E-state index contributed by atoms with van der Waals surface area (Å²) < 4.78 is 0. The van der Waals surface area contributed by atoms with Gasteiger partial charge in [0.2, 0.25) is 0 Å². The summed E-state index contributed by atoms with van der Waals surface area (Å²) in [7, 11) is 8.03. The van der Waals surface area contributed by atoms with Crippen LogP contribution in [0.1, 0.15) is 50.8 Å². The number of aliphatic hydroxyl groups excluding tert-OH is 1. The van der Waals surface area contributed by atoms with Gasteiger partial charge in [-0.25, -0.2) is 0 Å². The summed E-state index contributed by atoms with van der Waals surface area (Å²) >= 11 is 0. The van der Waals surface area contributed by atoms with Crippen LogP contribution in [0.2, 0.25) is 0 Å². The van der Waals surface area contributed by atoms with E-state index in [-0.39, 0.29) is 23.6 Å². The first-order valence-electron chi connectivity index (χ1n) is 11.8. The van der Waals surface area contributed by atoms with Crippen molar-refractivity contribution in [2.24, 2.45) is 11.8 Å². The standard InChI is InChI=1S/C28H45N3O2/c1-12-16(2)27(32)26(31(10)11)23-14-21(19(5)20(6)28(23,7)33)13-22-17(3)18(4)24(29)15-25(22)30(8)9/h12,15,21,23,26,32-33H,1,13-14,29H2,2-11H3/b27-16+/t21-,23-,26?,28+/m0/s1. The van der Waals surface area contributed by atoms with E-state index in [1.54, 1.807) is 6.08 Å². The smallest absolute Gasteiger partial charge is 0.113 e. The van der Waals surface area contributed by atoms with Gasteiger partial charge in [0.05, 0.1) is 11.6 Å². The molecule has 5 heteroatoms. The van der Waals surface area contributed by atoms with Crippen LogP contribution in [-0.4, -0.2) is 54.9 Å². The molecule has 1 aliphatic carbocycles. The quantitative estimate of drug-likeness (QED) is 0.229. The molecular weight excluding hydrogens is 410 g/mol. The fourth-order valence-electron chi connectivity index (χ4n) is 5.38. The lowest BCUT2D eigenvalue weighted by molar-refractivity contribution is -0.0247. The van der Waals surface area contributed by atoms with Crippen LogP contribution in [0, 0.1) is 25.7 Å². The van der Waals surface area contributed by atoms with Crippen molar-refractivity contribution in [3.63, 3.8) is 0 Å². The highest BCUT2D eigenvalue weighted by atomic mass is 16.3. The van der Waals surface area contributed by atoms with E-state index in [0.29, 0.717) is 0 Å². The topological polar surface area (TPSA) is 73.0 Å². The van der Waals surface area contributed by atoms with E-state index in [1.165, 1.54) is 16.7 Å². The number of nitrogens with two attached hydrogens (primary N) is 1. The summed E-state index contributed by atoms with van der Waals surface area (Å²) in [5.74, 6) is 0.351. The van der Waals surface area contributed by atoms with Crippen LogP contribution < -0.4 is 10.6 Å². The first kappa shape index (κ1) is 27.0. The van der Waals surface area contributed by atoms with Crippen LogP contribution in [0.3, 0.4) is 0 Å². The van der Waals surface area contributed by atoms with Crippen molar-refractivity contribution in [2.75, 3.05) is 38.8 Å². The van der Waals surface area contributed by atoms with Gasteiger partial charge in [0.25, 0.3) is 0 Å². The number of allylic oxidation sites excluding steroid dienone is 3. The molecule has 0 amide bonds. The Labute approximate surface area is 201 Å². The number of aliphatic hydroxyl groups is 2. The average molecular weight is 456 g/mol. The molecule has 184 valence electrons. The Morgan fingerprint density at radius 1 is 1.21 bits per heavy atom. The minimum Gasteiger partial charge on any atom is -0.510 e. The second-order valence-corrected chi connectivity index (χ2v) is 10.5. The summed E-state index contributed by atoms with van der Waals surface area (Å²) in [4.78, 5) is 4.14. The van der Waals surface area contributed by atoms with Gasteiger partial charge in [0, 0.05) is 31.4 Å². The molecule has 33 heavy (non-hydrogen) atoms. The van der Waals surface area contributed by atoms with Gasteiger partial charge in [0.15, 0.2) is 0 Å². The molecule has 0 saturated carbocycles. The summed E-state index contributed by atoms with van der Waals surface area (Å²) in [6, 6.07) is 1.76. The summed E-state index contributed by atoms with van der Waals surface area (Å²) in [5.41, 5.74) is 13.9. The van der Waals surface area contributed by atoms with Crippen molar-refractivity contribution >= 4 is 11.4 Å². The van der Waals surface area contributed by atoms with Crippen LogP contribution in [-0.2, 0) is 6.42 Å². The minimum absolute atomic E-state index is 0.172. The Hall–Kier alpha value is -2.24. The maximum Gasteiger partial charge on any atom is 0.113 e. The number of anilines is 2. The molecule has 0 saturated heterocycles. The summed E-state index contributed by atoms with van der Waals surface area (Å²) in [6.45, 7) is 16.0. The third-order valence-corrected chi connectivity index (χ3v) is 8.13. The van der Waals surface area contributed by atoms with Gasteiger partial charge < -0.3 is 20.8 Å². The van der Waals surface area contributed by atoms with Crippen LogP contribution in [0.25, 0.3) is 0 Å². The number of benzene rings is 1. The van der Waals surface area contributed by atoms with Crippen molar-refractivity contribution in [3.8, 4) is 0 Å². The van der Waals surface area contributed by atoms with Crippen molar-refractivity contribution in [2.45, 2.75) is 66.0 Å². The van der Waals surface area contributed by atoms with E-state index >= 15 is 0 Å². The number of nitrogen functional groups attached to an aromatic ring is 1. The third-order valence-electron chi connectivity index (χ3n) is 8.13. The molecule has 2 rings (SSSR count). The number of hydrogen-bond donors (Lipinski definition) is 3. The summed E-state index contributed by atoms with van der Waals surface area (Å²) in [6.07, 6.45) is 3.31. The van der Waals surface area contributed by atoms with Crippen LogP contribution in [0.4, 0.5) is 11.4 Å². The second-order valence-electron chi connectivity index (χ2n) is 10.5. The number of hydrogen-bond acceptors (Lipinski definition) is 5. The molecule has 0 radical (unpaired) electrons. The van der Waals surface area contributed by atoms with Gasteiger partial charge in [0.1, 0.15) is 5.76 Å². The highest BCUT2D eigenvalue weighted by Gasteiger charge is 2.47. The predicted octanol–water partition coefficient (Wildman–Crippen LogP) is 5.17. The van der Waals surface area contributed by atoms with E-state index in [2.05, 4.69) is 52.4 Å². The van der Waals surface area contributed by atoms with Crippen molar-refractivity contribution in [3.05, 3.63) is 57.9 Å². The lowest BCUT2D eigenvalue weighted by Crippen LogP contribution is -2.52. The molecule has 0 fully saturated rings. The van der Waals surface area contributed by atoms with Gasteiger partial charge in [-0.15, -0.1) is 0 Å². The molecule has 1 aliphatic rings. The molecule has 0 heterocycles. The molecule has 0 spiro atoms. The zero-order valence-corrected chi connectivity index (χ0v) is 22.4. The number of nitrogens with zero attached hydrogens (tertiary/aromatic N) is 2. The van der Waals surface area contributed by atoms with Crippen molar-refractivity contribution in [1.82, 2.24) is 4.90 Å². The lowest BCUT2D eigenvalue weighted by Gasteiger charge is -2.48. The summed E-state index contributed by atoms with van der Waals surface area (Å²) in [5, 5.41) is 22.8. The largest absolute Gasteiger partial charge is 0.510 e. The van der Waals surface area contributed by atoms with Gasteiger partial charge in [-0.05, 0) is 108 Å². The fourth-order valence-corrected chi connectivity index (χ4v) is 5.38. The van der Waals surface area contributed by atoms with E-state index < -0.39 is 5.60 Å². The first-order chi connectivity index (χ1) is 15.2. The van der Waals surface area contributed by atoms with Gasteiger partial charge >= 0.3 is 0 Å². The lowest BCUT2D eigenvalue weighted by atomic mass is 9.64. The molecule has 1 unspecified atom stereocenters. The molecule has 0 bridgehead atoms. The first-order valence-corrected chi connectivity index (χ1v) is 11.8. The maximum absolute atomic E-state index is 11.7. The fraction of sp³-hybridized carbons (Fsp3) is 0.571. The number of rotatable bonds is 7. The Morgan fingerprint density at radius 3 is 2.27 bits per heavy atom. The highest BCUT2D eigenvalue weighted by Crippen LogP contribution is 2.47. The molecule has 0 aromatic heterocycles. The molecule has 1 aromatic carbocycles. The zero-order valence-electron chi connectivity index (χ0n) is 22.4. The predicted molar refractivity (Wildman–Crippen MR) is 142 cm³/mol. The van der Waals surface area contributed by atoms with Gasteiger partial charge in [-0.1, -0.05) is 18.2 Å². The second kappa shape index (κ2) is 9.94. The van der Waals surface area contributed by atoms with Crippen molar-refractivity contribution in [1.29, 1.82) is 0 Å². The van der Waals surface area contributed by atoms with Crippen LogP contribution in [0.15, 0.2) is 41.2 Å². The molecule has 4 N–H and O–H groups in total. The minimum atomic E-state index is -1.03. The molecule has 1 aromatic rings. The average Bonchev–Trinajstić information content (AvgIpc) is 2.74. The molecular formula is C28H45N3O2. The Kier molecular flexibility index (Phi) is 8.14. The highest BCUT2D eigenvalue weighted by molar-refractivity contribution is 5.67. The molecule has 4 atom stereocenters. The Balaban J connectivity index is 2.63. The van der Waals surface area contributed by atoms with E-state index in [9.17, 15) is 10.2 Å². The van der Waals surface area contributed by atoms with Gasteiger partial charge in [-0.2, -0.15) is 0 Å². The van der Waals surface area contributed by atoms with E-state index in [0.717, 1.165) is 40.9 Å². The molecule has 0 aliphatic heterocycles. The van der Waals surface area contributed by atoms with E-state index in [1.807, 2.05) is 39.8 Å². The number of likely N-dealkylation sites (N-methyl/N-ethyl adjacent to an activating group) is 1. The normalized spacial score (nSPS) is 25.2. The van der Waals surface area contributed by atoms with E-state index in [4.69, 9.17) is 5.73 Å². The molecule has 5 nitrogen and oxygen atoms in total. The van der Waals surface area contributed by atoms with Crippen molar-refractivity contribution < 1.29 is 10.2 Å². The maximum atomic E-state index is 11.7. The Morgan fingerprint density at radius 2 is 1.79 bits per heavy atom. The Bertz CT molecular complexity index is 970. The zero-order chi connectivity index (χ0) is 25.4. The van der Waals surface area contributed by atoms with Crippen LogP contribution >= 0.6 is 0 Å².